The minimum atomic E-state index is -0.421. The van der Waals surface area contributed by atoms with Crippen LogP contribution >= 0.6 is 12.2 Å². The number of hydrogen-bond donors (Lipinski definition) is 1. The maximum Gasteiger partial charge on any atom is 0.254 e. The van der Waals surface area contributed by atoms with E-state index in [0.717, 1.165) is 12.0 Å². The highest BCUT2D eigenvalue weighted by Gasteiger charge is 2.18. The van der Waals surface area contributed by atoms with Gasteiger partial charge in [0.1, 0.15) is 5.82 Å². The van der Waals surface area contributed by atoms with Crippen LogP contribution < -0.4 is 5.73 Å². The van der Waals surface area contributed by atoms with Gasteiger partial charge in [-0.25, -0.2) is 4.39 Å². The highest BCUT2D eigenvalue weighted by atomic mass is 32.1. The molecule has 0 aliphatic heterocycles. The van der Waals surface area contributed by atoms with Crippen molar-refractivity contribution in [2.24, 2.45) is 5.73 Å². The summed E-state index contributed by atoms with van der Waals surface area (Å²) < 4.78 is 13.2. The van der Waals surface area contributed by atoms with Crippen LogP contribution in [-0.2, 0) is 0 Å². The summed E-state index contributed by atoms with van der Waals surface area (Å²) in [5, 5.41) is 0. The molecular weight excluding hydrogens is 251 g/mol. The molecule has 0 saturated heterocycles. The van der Waals surface area contributed by atoms with Gasteiger partial charge in [0.25, 0.3) is 5.91 Å². The maximum absolute atomic E-state index is 13.2. The second-order valence-electron chi connectivity index (χ2n) is 4.15. The zero-order valence-electron chi connectivity index (χ0n) is 10.6. The molecule has 0 spiro atoms. The fraction of sp³-hybridized carbons (Fsp3) is 0.385. The van der Waals surface area contributed by atoms with E-state index in [0.29, 0.717) is 12.1 Å². The van der Waals surface area contributed by atoms with E-state index in [1.54, 1.807) is 17.9 Å². The number of aryl methyl sites for hydroxylation is 1. The molecule has 2 N–H and O–H groups in total. The second-order valence-corrected chi connectivity index (χ2v) is 4.68. The summed E-state index contributed by atoms with van der Waals surface area (Å²) in [7, 11) is 0. The quantitative estimate of drug-likeness (QED) is 0.833. The van der Waals surface area contributed by atoms with E-state index < -0.39 is 5.82 Å². The van der Waals surface area contributed by atoms with Crippen LogP contribution in [0.2, 0.25) is 0 Å². The van der Waals surface area contributed by atoms with Crippen molar-refractivity contribution in [1.29, 1.82) is 0 Å². The molecule has 0 bridgehead atoms. The van der Waals surface area contributed by atoms with Crippen molar-refractivity contribution in [3.8, 4) is 0 Å². The third-order valence-electron chi connectivity index (χ3n) is 2.56. The van der Waals surface area contributed by atoms with E-state index in [1.165, 1.54) is 12.1 Å². The molecule has 0 aliphatic rings. The largest absolute Gasteiger partial charge is 0.392 e. The molecule has 1 rings (SSSR count). The van der Waals surface area contributed by atoms with Gasteiger partial charge in [-0.05, 0) is 31.0 Å². The Morgan fingerprint density at radius 1 is 1.50 bits per heavy atom. The number of carbonyl (C=O) groups excluding carboxylic acids is 1. The van der Waals surface area contributed by atoms with Crippen LogP contribution in [0, 0.1) is 12.7 Å². The van der Waals surface area contributed by atoms with Crippen molar-refractivity contribution < 1.29 is 9.18 Å². The first kappa shape index (κ1) is 14.6. The van der Waals surface area contributed by atoms with Crippen LogP contribution in [0.5, 0.6) is 0 Å². The van der Waals surface area contributed by atoms with Crippen molar-refractivity contribution in [3.05, 3.63) is 35.1 Å². The molecule has 1 aromatic carbocycles. The molecule has 18 heavy (non-hydrogen) atoms. The van der Waals surface area contributed by atoms with Gasteiger partial charge in [0.05, 0.1) is 11.5 Å². The number of benzene rings is 1. The summed E-state index contributed by atoms with van der Waals surface area (Å²) >= 11 is 4.82. The lowest BCUT2D eigenvalue weighted by molar-refractivity contribution is 0.0778. The lowest BCUT2D eigenvalue weighted by Gasteiger charge is -2.22. The van der Waals surface area contributed by atoms with E-state index >= 15 is 0 Å². The molecule has 1 aromatic rings. The topological polar surface area (TPSA) is 46.3 Å². The summed E-state index contributed by atoms with van der Waals surface area (Å²) in [5.41, 5.74) is 6.57. The van der Waals surface area contributed by atoms with Gasteiger partial charge in [-0.3, -0.25) is 4.79 Å². The second kappa shape index (κ2) is 6.44. The number of hydrogen-bond acceptors (Lipinski definition) is 2. The number of carbonyl (C=O) groups is 1. The van der Waals surface area contributed by atoms with Gasteiger partial charge in [0.2, 0.25) is 0 Å². The molecule has 0 atom stereocenters. The fourth-order valence-corrected chi connectivity index (χ4v) is 1.86. The van der Waals surface area contributed by atoms with Crippen LogP contribution in [0.3, 0.4) is 0 Å². The molecule has 0 aromatic heterocycles. The Bertz CT molecular complexity index is 462. The lowest BCUT2D eigenvalue weighted by Crippen LogP contribution is -2.38. The van der Waals surface area contributed by atoms with Gasteiger partial charge in [-0.1, -0.05) is 25.2 Å². The summed E-state index contributed by atoms with van der Waals surface area (Å²) in [6, 6.07) is 4.18. The van der Waals surface area contributed by atoms with E-state index in [9.17, 15) is 9.18 Å². The van der Waals surface area contributed by atoms with Crippen LogP contribution in [0.1, 0.15) is 29.3 Å². The molecule has 0 aliphatic carbocycles. The van der Waals surface area contributed by atoms with E-state index in [-0.39, 0.29) is 17.4 Å². The predicted octanol–water partition coefficient (Wildman–Crippen LogP) is 2.27. The summed E-state index contributed by atoms with van der Waals surface area (Å²) in [4.78, 5) is 14.1. The Balaban J connectivity index is 3.01. The normalized spacial score (nSPS) is 10.2. The van der Waals surface area contributed by atoms with Crippen LogP contribution in [0.15, 0.2) is 18.2 Å². The molecule has 0 radical (unpaired) electrons. The number of nitrogens with zero attached hydrogens (tertiary/aromatic N) is 1. The first-order chi connectivity index (χ1) is 8.45. The summed E-state index contributed by atoms with van der Waals surface area (Å²) in [6.45, 7) is 4.50. The number of amides is 1. The Morgan fingerprint density at radius 2 is 2.17 bits per heavy atom. The lowest BCUT2D eigenvalue weighted by atomic mass is 10.1. The van der Waals surface area contributed by atoms with Gasteiger partial charge in [-0.2, -0.15) is 0 Å². The molecule has 3 nitrogen and oxygen atoms in total. The molecular formula is C13H17FN2OS. The van der Waals surface area contributed by atoms with Crippen molar-refractivity contribution in [1.82, 2.24) is 4.90 Å². The van der Waals surface area contributed by atoms with Gasteiger partial charge < -0.3 is 10.6 Å². The van der Waals surface area contributed by atoms with Crippen LogP contribution in [0.25, 0.3) is 0 Å². The van der Waals surface area contributed by atoms with E-state index in [2.05, 4.69) is 0 Å². The van der Waals surface area contributed by atoms with Crippen LogP contribution in [0.4, 0.5) is 4.39 Å². The number of thiocarbonyl (C=S) groups is 1. The Hall–Kier alpha value is -1.49. The van der Waals surface area contributed by atoms with Crippen LogP contribution in [-0.4, -0.2) is 28.9 Å². The third kappa shape index (κ3) is 3.77. The minimum Gasteiger partial charge on any atom is -0.392 e. The zero-order chi connectivity index (χ0) is 13.7. The fourth-order valence-electron chi connectivity index (χ4n) is 1.71. The predicted molar refractivity (Wildman–Crippen MR) is 74.1 cm³/mol. The van der Waals surface area contributed by atoms with Gasteiger partial charge in [0.15, 0.2) is 0 Å². The smallest absolute Gasteiger partial charge is 0.254 e. The Morgan fingerprint density at radius 3 is 2.72 bits per heavy atom. The number of nitrogens with two attached hydrogens (primary N) is 1. The molecule has 1 amide bonds. The maximum atomic E-state index is 13.2. The molecule has 0 heterocycles. The summed E-state index contributed by atoms with van der Waals surface area (Å²) in [6.07, 6.45) is 0.794. The highest BCUT2D eigenvalue weighted by molar-refractivity contribution is 7.80. The monoisotopic (exact) mass is 268 g/mol. The standard InChI is InChI=1S/C13H17FN2OS/c1-3-6-16(8-12(15)18)13(17)11-7-10(14)5-4-9(11)2/h4-5,7H,3,6,8H2,1-2H3,(H2,15,18). The first-order valence-corrected chi connectivity index (χ1v) is 6.20. The average molecular weight is 268 g/mol. The first-order valence-electron chi connectivity index (χ1n) is 5.79. The van der Waals surface area contributed by atoms with Gasteiger partial charge >= 0.3 is 0 Å². The van der Waals surface area contributed by atoms with E-state index in [4.69, 9.17) is 18.0 Å². The number of rotatable bonds is 5. The SMILES string of the molecule is CCCN(CC(N)=S)C(=O)c1cc(F)ccc1C. The summed E-state index contributed by atoms with van der Waals surface area (Å²) in [5.74, 6) is -0.655. The average Bonchev–Trinajstić information content (AvgIpc) is 2.30. The minimum absolute atomic E-state index is 0.220. The highest BCUT2D eigenvalue weighted by Crippen LogP contribution is 2.13. The van der Waals surface area contributed by atoms with Crippen molar-refractivity contribution in [2.75, 3.05) is 13.1 Å². The Labute approximate surface area is 112 Å². The van der Waals surface area contributed by atoms with Gasteiger partial charge in [0, 0.05) is 12.1 Å². The third-order valence-corrected chi connectivity index (χ3v) is 2.69. The molecule has 0 saturated carbocycles. The van der Waals surface area contributed by atoms with Crippen molar-refractivity contribution in [3.63, 3.8) is 0 Å². The number of halogens is 1. The molecule has 0 fully saturated rings. The van der Waals surface area contributed by atoms with Crippen molar-refractivity contribution >= 4 is 23.1 Å². The van der Waals surface area contributed by atoms with E-state index in [1.807, 2.05) is 6.92 Å². The van der Waals surface area contributed by atoms with Crippen molar-refractivity contribution in [2.45, 2.75) is 20.3 Å². The molecule has 5 heteroatoms. The zero-order valence-corrected chi connectivity index (χ0v) is 11.4. The Kier molecular flexibility index (Phi) is 5.22. The van der Waals surface area contributed by atoms with Gasteiger partial charge in [-0.15, -0.1) is 0 Å². The molecule has 98 valence electrons. The molecule has 0 unspecified atom stereocenters.